The summed E-state index contributed by atoms with van der Waals surface area (Å²) < 4.78 is 0.786. The van der Waals surface area contributed by atoms with Crippen LogP contribution >= 0.6 is 15.9 Å². The first-order valence-electron chi connectivity index (χ1n) is 7.96. The molecule has 2 N–H and O–H groups in total. The van der Waals surface area contributed by atoms with Crippen LogP contribution < -0.4 is 5.32 Å². The largest absolute Gasteiger partial charge is 0.478 e. The highest BCUT2D eigenvalue weighted by Crippen LogP contribution is 2.29. The van der Waals surface area contributed by atoms with Crippen molar-refractivity contribution in [2.24, 2.45) is 0 Å². The highest BCUT2D eigenvalue weighted by molar-refractivity contribution is 9.10. The lowest BCUT2D eigenvalue weighted by Crippen LogP contribution is -2.14. The first-order chi connectivity index (χ1) is 12.5. The van der Waals surface area contributed by atoms with E-state index in [1.54, 1.807) is 42.5 Å². The number of anilines is 1. The van der Waals surface area contributed by atoms with Gasteiger partial charge >= 0.3 is 5.97 Å². The van der Waals surface area contributed by atoms with Gasteiger partial charge in [-0.3, -0.25) is 4.79 Å². The number of hydrogen-bond donors (Lipinski definition) is 2. The third kappa shape index (κ3) is 3.68. The van der Waals surface area contributed by atoms with Gasteiger partial charge in [0.15, 0.2) is 0 Å². The Balaban J connectivity index is 2.02. The molecule has 3 aromatic rings. The van der Waals surface area contributed by atoms with E-state index in [1.165, 1.54) is 6.07 Å². The lowest BCUT2D eigenvalue weighted by molar-refractivity contribution is 0.0697. The van der Waals surface area contributed by atoms with Crippen molar-refractivity contribution in [2.75, 3.05) is 5.32 Å². The average Bonchev–Trinajstić information content (AvgIpc) is 2.64. The number of aryl methyl sites for hydroxylation is 1. The molecule has 0 aromatic heterocycles. The fourth-order valence-corrected chi connectivity index (χ4v) is 3.32. The normalized spacial score (nSPS) is 10.4. The number of amides is 1. The minimum atomic E-state index is -1.03. The molecule has 3 aromatic carbocycles. The Hall–Kier alpha value is -2.92. The van der Waals surface area contributed by atoms with Crippen LogP contribution in [0.1, 0.15) is 26.3 Å². The number of carbonyl (C=O) groups is 2. The molecule has 0 spiro atoms. The van der Waals surface area contributed by atoms with Crippen molar-refractivity contribution in [3.63, 3.8) is 0 Å². The van der Waals surface area contributed by atoms with Gasteiger partial charge in [-0.25, -0.2) is 4.79 Å². The third-order valence-corrected chi connectivity index (χ3v) is 4.65. The molecule has 0 aliphatic heterocycles. The van der Waals surface area contributed by atoms with Crippen LogP contribution in [-0.2, 0) is 0 Å². The zero-order chi connectivity index (χ0) is 18.7. The van der Waals surface area contributed by atoms with E-state index in [-0.39, 0.29) is 11.5 Å². The maximum atomic E-state index is 12.8. The molecule has 0 saturated heterocycles. The van der Waals surface area contributed by atoms with Gasteiger partial charge in [0.05, 0.1) is 11.3 Å². The fourth-order valence-electron chi connectivity index (χ4n) is 2.73. The first-order valence-corrected chi connectivity index (χ1v) is 8.76. The molecule has 130 valence electrons. The highest BCUT2D eigenvalue weighted by Gasteiger charge is 2.18. The number of nitrogens with one attached hydrogen (secondary N) is 1. The van der Waals surface area contributed by atoms with Crippen LogP contribution in [0.5, 0.6) is 0 Å². The molecule has 0 aliphatic carbocycles. The first kappa shape index (κ1) is 17.9. The van der Waals surface area contributed by atoms with Gasteiger partial charge in [-0.2, -0.15) is 0 Å². The summed E-state index contributed by atoms with van der Waals surface area (Å²) >= 11 is 3.45. The molecule has 0 heterocycles. The third-order valence-electron chi connectivity index (χ3n) is 3.99. The summed E-state index contributed by atoms with van der Waals surface area (Å²) in [6.45, 7) is 1.97. The minimum Gasteiger partial charge on any atom is -0.478 e. The second-order valence-corrected chi connectivity index (χ2v) is 6.69. The molecule has 3 rings (SSSR count). The van der Waals surface area contributed by atoms with Crippen molar-refractivity contribution in [1.29, 1.82) is 0 Å². The zero-order valence-electron chi connectivity index (χ0n) is 14.0. The van der Waals surface area contributed by atoms with Crippen LogP contribution in [0.25, 0.3) is 11.1 Å². The highest BCUT2D eigenvalue weighted by atomic mass is 79.9. The summed E-state index contributed by atoms with van der Waals surface area (Å²) in [4.78, 5) is 24.4. The maximum absolute atomic E-state index is 12.8. The lowest BCUT2D eigenvalue weighted by atomic mass is 9.95. The summed E-state index contributed by atoms with van der Waals surface area (Å²) in [6, 6.07) is 19.3. The second-order valence-electron chi connectivity index (χ2n) is 5.83. The number of carboxylic acids is 1. The molecular formula is C21H16BrNO3. The Morgan fingerprint density at radius 3 is 2.08 bits per heavy atom. The molecule has 0 atom stereocenters. The summed E-state index contributed by atoms with van der Waals surface area (Å²) in [5.74, 6) is -1.33. The van der Waals surface area contributed by atoms with E-state index in [0.717, 1.165) is 10.0 Å². The molecule has 5 heteroatoms. The number of carboxylic acid groups (broad SMARTS) is 1. The van der Waals surface area contributed by atoms with Crippen molar-refractivity contribution < 1.29 is 14.7 Å². The number of aromatic carboxylic acids is 1. The van der Waals surface area contributed by atoms with Crippen LogP contribution in [-0.4, -0.2) is 17.0 Å². The summed E-state index contributed by atoms with van der Waals surface area (Å²) in [6.07, 6.45) is 0. The molecular weight excluding hydrogens is 394 g/mol. The van der Waals surface area contributed by atoms with Gasteiger partial charge in [0.25, 0.3) is 5.91 Å². The Morgan fingerprint density at radius 1 is 0.885 bits per heavy atom. The summed E-state index contributed by atoms with van der Waals surface area (Å²) in [5.41, 5.74) is 3.38. The molecule has 1 amide bonds. The number of hydrogen-bond acceptors (Lipinski definition) is 2. The van der Waals surface area contributed by atoms with Gasteiger partial charge < -0.3 is 10.4 Å². The quantitative estimate of drug-likeness (QED) is 0.607. The Kier molecular flexibility index (Phi) is 5.19. The van der Waals surface area contributed by atoms with E-state index in [9.17, 15) is 14.7 Å². The van der Waals surface area contributed by atoms with Crippen LogP contribution in [0.3, 0.4) is 0 Å². The summed E-state index contributed by atoms with van der Waals surface area (Å²) in [7, 11) is 0. The van der Waals surface area contributed by atoms with E-state index in [0.29, 0.717) is 22.4 Å². The molecule has 0 aliphatic rings. The summed E-state index contributed by atoms with van der Waals surface area (Å²) in [5, 5.41) is 12.3. The number of halogens is 1. The second kappa shape index (κ2) is 7.54. The topological polar surface area (TPSA) is 66.4 Å². The van der Waals surface area contributed by atoms with Gasteiger partial charge in [-0.1, -0.05) is 42.5 Å². The van der Waals surface area contributed by atoms with Crippen molar-refractivity contribution in [3.8, 4) is 11.1 Å². The number of carbonyl (C=O) groups excluding carboxylic acids is 1. The van der Waals surface area contributed by atoms with Gasteiger partial charge in [0.2, 0.25) is 0 Å². The van der Waals surface area contributed by atoms with Crippen LogP contribution in [0.2, 0.25) is 0 Å². The predicted molar refractivity (Wildman–Crippen MR) is 106 cm³/mol. The Labute approximate surface area is 159 Å². The van der Waals surface area contributed by atoms with Gasteiger partial charge in [-0.05, 0) is 63.8 Å². The van der Waals surface area contributed by atoms with E-state index >= 15 is 0 Å². The molecule has 0 radical (unpaired) electrons. The van der Waals surface area contributed by atoms with Gasteiger partial charge in [-0.15, -0.1) is 0 Å². The lowest BCUT2D eigenvalue weighted by Gasteiger charge is -2.13. The van der Waals surface area contributed by atoms with E-state index in [4.69, 9.17) is 0 Å². The van der Waals surface area contributed by atoms with E-state index in [1.807, 2.05) is 25.1 Å². The van der Waals surface area contributed by atoms with Crippen LogP contribution in [0.4, 0.5) is 5.69 Å². The molecule has 4 nitrogen and oxygen atoms in total. The standard InChI is InChI=1S/C21H16BrNO3/c1-13-10-11-19(18(22)12-13)23-20(24)16-8-4-2-6-14(16)15-7-3-5-9-17(15)21(25)26/h2-12H,1H3,(H,23,24)(H,25,26). The molecule has 0 saturated carbocycles. The van der Waals surface area contributed by atoms with Crippen molar-refractivity contribution >= 4 is 33.5 Å². The van der Waals surface area contributed by atoms with E-state index in [2.05, 4.69) is 21.2 Å². The minimum absolute atomic E-state index is 0.157. The molecule has 0 bridgehead atoms. The van der Waals surface area contributed by atoms with E-state index < -0.39 is 5.97 Å². The fraction of sp³-hybridized carbons (Fsp3) is 0.0476. The molecule has 26 heavy (non-hydrogen) atoms. The van der Waals surface area contributed by atoms with Gasteiger partial charge in [0, 0.05) is 10.0 Å². The van der Waals surface area contributed by atoms with Crippen molar-refractivity contribution in [3.05, 3.63) is 87.9 Å². The van der Waals surface area contributed by atoms with Crippen LogP contribution in [0, 0.1) is 6.92 Å². The maximum Gasteiger partial charge on any atom is 0.336 e. The number of rotatable bonds is 4. The number of benzene rings is 3. The van der Waals surface area contributed by atoms with Crippen molar-refractivity contribution in [2.45, 2.75) is 6.92 Å². The monoisotopic (exact) mass is 409 g/mol. The Bertz CT molecular complexity index is 998. The van der Waals surface area contributed by atoms with Crippen molar-refractivity contribution in [1.82, 2.24) is 0 Å². The smallest absolute Gasteiger partial charge is 0.336 e. The molecule has 0 unspecified atom stereocenters. The predicted octanol–water partition coefficient (Wildman–Crippen LogP) is 5.38. The zero-order valence-corrected chi connectivity index (χ0v) is 15.6. The molecule has 0 fully saturated rings. The SMILES string of the molecule is Cc1ccc(NC(=O)c2ccccc2-c2ccccc2C(=O)O)c(Br)c1. The average molecular weight is 410 g/mol. The Morgan fingerprint density at radius 2 is 1.46 bits per heavy atom. The van der Waals surface area contributed by atoms with Crippen LogP contribution in [0.15, 0.2) is 71.2 Å². The van der Waals surface area contributed by atoms with Gasteiger partial charge in [0.1, 0.15) is 0 Å².